The second kappa shape index (κ2) is 6.07. The Morgan fingerprint density at radius 1 is 1.04 bits per heavy atom. The summed E-state index contributed by atoms with van der Waals surface area (Å²) in [7, 11) is 0. The number of carbonyl (C=O) groups excluding carboxylic acids is 1. The highest BCUT2D eigenvalue weighted by molar-refractivity contribution is 5.78. The number of hydrogen-bond acceptors (Lipinski definition) is 1. The Hall–Kier alpha value is -1.11. The minimum absolute atomic E-state index is 0.227. The number of ketones is 1. The van der Waals surface area contributed by atoms with E-state index in [1.54, 1.807) is 6.92 Å². The average molecular weight is 310 g/mol. The predicted molar refractivity (Wildman–Crippen MR) is 94.2 cm³/mol. The van der Waals surface area contributed by atoms with E-state index in [9.17, 15) is 4.79 Å². The molecule has 0 aliphatic heterocycles. The fraction of sp³-hybridized carbons (Fsp3) is 0.682. The first-order valence-corrected chi connectivity index (χ1v) is 9.66. The molecule has 4 aliphatic carbocycles. The standard InChI is InChI=1S/C22H30O/c1-16(23)21(12-17-5-3-2-4-6-17)7-8-22-13-18-9-19(14-22)11-20(10-18)15-22/h2-6,18-21H,7-15H2,1H3/t18?,19?,20?,21-,22?/m0/s1. The van der Waals surface area contributed by atoms with Crippen molar-refractivity contribution in [1.29, 1.82) is 0 Å². The van der Waals surface area contributed by atoms with Crippen LogP contribution in [0.2, 0.25) is 0 Å². The summed E-state index contributed by atoms with van der Waals surface area (Å²) in [5.41, 5.74) is 1.93. The molecule has 0 N–H and O–H groups in total. The zero-order chi connectivity index (χ0) is 15.9. The van der Waals surface area contributed by atoms with Gasteiger partial charge in [0.05, 0.1) is 0 Å². The van der Waals surface area contributed by atoms with E-state index in [1.165, 1.54) is 50.5 Å². The molecule has 23 heavy (non-hydrogen) atoms. The molecule has 0 spiro atoms. The van der Waals surface area contributed by atoms with Crippen LogP contribution in [0.25, 0.3) is 0 Å². The molecule has 1 aromatic carbocycles. The van der Waals surface area contributed by atoms with Crippen molar-refractivity contribution >= 4 is 5.78 Å². The van der Waals surface area contributed by atoms with Crippen LogP contribution in [0.3, 0.4) is 0 Å². The molecule has 0 amide bonds. The molecule has 4 aliphatic rings. The number of benzene rings is 1. The zero-order valence-electron chi connectivity index (χ0n) is 14.5. The van der Waals surface area contributed by atoms with Crippen LogP contribution < -0.4 is 0 Å². The van der Waals surface area contributed by atoms with Crippen molar-refractivity contribution < 1.29 is 4.79 Å². The lowest BCUT2D eigenvalue weighted by Crippen LogP contribution is -2.46. The van der Waals surface area contributed by atoms with Crippen LogP contribution in [0.4, 0.5) is 0 Å². The minimum Gasteiger partial charge on any atom is -0.300 e. The van der Waals surface area contributed by atoms with Gasteiger partial charge < -0.3 is 0 Å². The lowest BCUT2D eigenvalue weighted by atomic mass is 9.48. The molecule has 0 aromatic heterocycles. The van der Waals surface area contributed by atoms with Crippen LogP contribution in [-0.4, -0.2) is 5.78 Å². The summed E-state index contributed by atoms with van der Waals surface area (Å²) in [6, 6.07) is 10.6. The van der Waals surface area contributed by atoms with Crippen LogP contribution in [-0.2, 0) is 11.2 Å². The van der Waals surface area contributed by atoms with Gasteiger partial charge in [-0.05, 0) is 93.4 Å². The molecule has 0 heterocycles. The molecule has 1 aromatic rings. The molecule has 4 saturated carbocycles. The average Bonchev–Trinajstić information content (AvgIpc) is 2.51. The summed E-state index contributed by atoms with van der Waals surface area (Å²) in [6.07, 6.45) is 12.3. The molecule has 1 nitrogen and oxygen atoms in total. The quantitative estimate of drug-likeness (QED) is 0.684. The second-order valence-corrected chi connectivity index (χ2v) is 8.95. The third-order valence-electron chi connectivity index (χ3n) is 7.09. The summed E-state index contributed by atoms with van der Waals surface area (Å²) >= 11 is 0. The monoisotopic (exact) mass is 310 g/mol. The number of carbonyl (C=O) groups is 1. The fourth-order valence-corrected chi connectivity index (χ4v) is 6.42. The molecule has 4 bridgehead atoms. The summed E-state index contributed by atoms with van der Waals surface area (Å²) in [6.45, 7) is 1.80. The van der Waals surface area contributed by atoms with Gasteiger partial charge in [-0.2, -0.15) is 0 Å². The third kappa shape index (κ3) is 3.25. The van der Waals surface area contributed by atoms with Gasteiger partial charge in [0, 0.05) is 5.92 Å². The maximum absolute atomic E-state index is 12.2. The minimum atomic E-state index is 0.227. The van der Waals surface area contributed by atoms with E-state index in [4.69, 9.17) is 0 Å². The van der Waals surface area contributed by atoms with Crippen molar-refractivity contribution in [3.8, 4) is 0 Å². The first kappa shape index (κ1) is 15.4. The summed E-state index contributed by atoms with van der Waals surface area (Å²) in [5, 5.41) is 0. The van der Waals surface area contributed by atoms with Gasteiger partial charge >= 0.3 is 0 Å². The van der Waals surface area contributed by atoms with E-state index in [0.29, 0.717) is 11.2 Å². The molecule has 0 saturated heterocycles. The zero-order valence-corrected chi connectivity index (χ0v) is 14.5. The number of hydrogen-bond donors (Lipinski definition) is 0. The molecule has 4 fully saturated rings. The number of rotatable bonds is 6. The third-order valence-corrected chi connectivity index (χ3v) is 7.09. The Balaban J connectivity index is 1.41. The largest absolute Gasteiger partial charge is 0.300 e. The second-order valence-electron chi connectivity index (χ2n) is 8.95. The Morgan fingerprint density at radius 3 is 2.13 bits per heavy atom. The van der Waals surface area contributed by atoms with E-state index in [2.05, 4.69) is 30.3 Å². The molecule has 1 atom stereocenters. The van der Waals surface area contributed by atoms with Gasteiger partial charge in [0.1, 0.15) is 5.78 Å². The Morgan fingerprint density at radius 2 is 1.61 bits per heavy atom. The molecule has 5 rings (SSSR count). The molecule has 124 valence electrons. The highest BCUT2D eigenvalue weighted by Gasteiger charge is 2.50. The van der Waals surface area contributed by atoms with E-state index < -0.39 is 0 Å². The maximum Gasteiger partial charge on any atom is 0.133 e. The summed E-state index contributed by atoms with van der Waals surface area (Å²) in [5.74, 6) is 3.67. The molecule has 0 radical (unpaired) electrons. The molecule has 1 heteroatoms. The normalized spacial score (nSPS) is 36.1. The van der Waals surface area contributed by atoms with Crippen molar-refractivity contribution in [2.24, 2.45) is 29.1 Å². The topological polar surface area (TPSA) is 17.1 Å². The van der Waals surface area contributed by atoms with Gasteiger partial charge in [-0.15, -0.1) is 0 Å². The number of Topliss-reactive ketones (excluding diaryl/α,β-unsaturated/α-hetero) is 1. The highest BCUT2D eigenvalue weighted by atomic mass is 16.1. The Kier molecular flexibility index (Phi) is 4.07. The lowest BCUT2D eigenvalue weighted by Gasteiger charge is -2.57. The lowest BCUT2D eigenvalue weighted by molar-refractivity contribution is -0.121. The van der Waals surface area contributed by atoms with Crippen molar-refractivity contribution in [3.63, 3.8) is 0 Å². The molecule has 0 unspecified atom stereocenters. The Bertz CT molecular complexity index is 523. The van der Waals surface area contributed by atoms with E-state index >= 15 is 0 Å². The van der Waals surface area contributed by atoms with Crippen LogP contribution in [0.15, 0.2) is 30.3 Å². The van der Waals surface area contributed by atoms with Gasteiger partial charge in [0.2, 0.25) is 0 Å². The van der Waals surface area contributed by atoms with Crippen LogP contribution in [0.5, 0.6) is 0 Å². The van der Waals surface area contributed by atoms with Gasteiger partial charge in [-0.25, -0.2) is 0 Å². The van der Waals surface area contributed by atoms with E-state index in [0.717, 1.165) is 30.6 Å². The van der Waals surface area contributed by atoms with E-state index in [1.807, 2.05) is 0 Å². The first-order chi connectivity index (χ1) is 11.1. The van der Waals surface area contributed by atoms with Crippen molar-refractivity contribution in [2.45, 2.75) is 64.7 Å². The van der Waals surface area contributed by atoms with Crippen LogP contribution in [0, 0.1) is 29.1 Å². The molecular weight excluding hydrogens is 280 g/mol. The van der Waals surface area contributed by atoms with Gasteiger partial charge in [-0.1, -0.05) is 30.3 Å². The van der Waals surface area contributed by atoms with Crippen molar-refractivity contribution in [3.05, 3.63) is 35.9 Å². The summed E-state index contributed by atoms with van der Waals surface area (Å²) < 4.78 is 0. The summed E-state index contributed by atoms with van der Waals surface area (Å²) in [4.78, 5) is 12.2. The van der Waals surface area contributed by atoms with Crippen LogP contribution in [0.1, 0.15) is 63.9 Å². The SMILES string of the molecule is CC(=O)[C@@H](CCC12CC3CC(CC(C3)C1)C2)Cc1ccccc1. The van der Waals surface area contributed by atoms with Crippen LogP contribution >= 0.6 is 0 Å². The smallest absolute Gasteiger partial charge is 0.133 e. The maximum atomic E-state index is 12.2. The molecular formula is C22H30O. The predicted octanol–water partition coefficient (Wildman–Crippen LogP) is 5.43. The Labute approximate surface area is 140 Å². The van der Waals surface area contributed by atoms with Crippen molar-refractivity contribution in [2.75, 3.05) is 0 Å². The van der Waals surface area contributed by atoms with Gasteiger partial charge in [-0.3, -0.25) is 4.79 Å². The first-order valence-electron chi connectivity index (χ1n) is 9.66. The highest BCUT2D eigenvalue weighted by Crippen LogP contribution is 2.61. The van der Waals surface area contributed by atoms with Gasteiger partial charge in [0.25, 0.3) is 0 Å². The fourth-order valence-electron chi connectivity index (χ4n) is 6.42. The van der Waals surface area contributed by atoms with Crippen molar-refractivity contribution in [1.82, 2.24) is 0 Å². The van der Waals surface area contributed by atoms with Gasteiger partial charge in [0.15, 0.2) is 0 Å². The van der Waals surface area contributed by atoms with E-state index in [-0.39, 0.29) is 5.92 Å².